The highest BCUT2D eigenvalue weighted by atomic mass is 31.2. The van der Waals surface area contributed by atoms with Crippen molar-refractivity contribution < 1.29 is 75.8 Å². The average molecular weight is 1780 g/mol. The van der Waals surface area contributed by atoms with Gasteiger partial charge in [-0.25, -0.2) is 9.13 Å². The third-order valence-electron chi connectivity index (χ3n) is 20.8. The molecule has 0 aromatic carbocycles. The second kappa shape index (κ2) is 97.4. The molecule has 0 bridgehead atoms. The molecule has 0 aliphatic carbocycles. The third-order valence-corrected chi connectivity index (χ3v) is 22.7. The van der Waals surface area contributed by atoms with Crippen LogP contribution in [0.1, 0.15) is 406 Å². The predicted octanol–water partition coefficient (Wildman–Crippen LogP) is 31.3. The molecule has 0 aliphatic heterocycles. The summed E-state index contributed by atoms with van der Waals surface area (Å²) >= 11 is 0. The third kappa shape index (κ3) is 98.8. The van der Waals surface area contributed by atoms with E-state index in [1.165, 1.54) is 161 Å². The monoisotopic (exact) mass is 1780 g/mol. The van der Waals surface area contributed by atoms with Crippen LogP contribution >= 0.6 is 15.6 Å². The second-order valence-corrected chi connectivity index (χ2v) is 35.7. The fourth-order valence-corrected chi connectivity index (χ4v) is 14.9. The fraction of sp³-hybridized carbons (Fsp3) is 0.673. The largest absolute Gasteiger partial charge is 0.472 e. The van der Waals surface area contributed by atoms with Crippen molar-refractivity contribution in [1.29, 1.82) is 0 Å². The Morgan fingerprint density at radius 2 is 0.424 bits per heavy atom. The van der Waals surface area contributed by atoms with E-state index in [1.807, 2.05) is 0 Å². The molecule has 714 valence electrons. The number of aliphatic hydroxyl groups is 2. The molecule has 0 amide bonds. The zero-order valence-corrected chi connectivity index (χ0v) is 80.7. The molecular weight excluding hydrogens is 1600 g/mol. The summed E-state index contributed by atoms with van der Waals surface area (Å²) in [6.07, 6.45) is 130. The van der Waals surface area contributed by atoms with Gasteiger partial charge in [-0.15, -0.1) is 0 Å². The van der Waals surface area contributed by atoms with Gasteiger partial charge in [0.1, 0.15) is 25.4 Å². The molecular formula is C107H180O16P2. The summed E-state index contributed by atoms with van der Waals surface area (Å²) in [6.45, 7) is 2.47. The summed E-state index contributed by atoms with van der Waals surface area (Å²) in [7, 11) is -9.82. The highest BCUT2D eigenvalue weighted by molar-refractivity contribution is 7.47. The van der Waals surface area contributed by atoms with Crippen LogP contribution < -0.4 is 0 Å². The van der Waals surface area contributed by atoms with Crippen LogP contribution in [-0.2, 0) is 55.8 Å². The van der Waals surface area contributed by atoms with Gasteiger partial charge in [0, 0.05) is 19.3 Å². The van der Waals surface area contributed by atoms with Crippen molar-refractivity contribution in [2.75, 3.05) is 39.6 Å². The van der Waals surface area contributed by atoms with Crippen LogP contribution in [0.4, 0.5) is 0 Å². The van der Waals surface area contributed by atoms with Crippen LogP contribution in [0, 0.1) is 0 Å². The van der Waals surface area contributed by atoms with Crippen molar-refractivity contribution in [1.82, 2.24) is 0 Å². The molecule has 4 N–H and O–H groups in total. The van der Waals surface area contributed by atoms with Gasteiger partial charge in [0.2, 0.25) is 0 Å². The Morgan fingerprint density at radius 1 is 0.232 bits per heavy atom. The zero-order chi connectivity index (χ0) is 90.7. The van der Waals surface area contributed by atoms with E-state index in [0.29, 0.717) is 19.3 Å². The Hall–Kier alpha value is -5.61. The minimum atomic E-state index is -4.95. The van der Waals surface area contributed by atoms with Gasteiger partial charge < -0.3 is 34.2 Å². The first-order valence-electron chi connectivity index (χ1n) is 49.7. The summed E-state index contributed by atoms with van der Waals surface area (Å²) in [5.41, 5.74) is 0. The number of allylic oxidation sites excluding steroid dienone is 32. The Balaban J connectivity index is 4.64. The molecule has 125 heavy (non-hydrogen) atoms. The molecule has 5 atom stereocenters. The number of phosphoric ester groups is 2. The van der Waals surface area contributed by atoms with Crippen molar-refractivity contribution in [3.05, 3.63) is 194 Å². The van der Waals surface area contributed by atoms with Crippen molar-refractivity contribution in [3.8, 4) is 0 Å². The molecule has 0 aliphatic rings. The second-order valence-electron chi connectivity index (χ2n) is 32.8. The summed E-state index contributed by atoms with van der Waals surface area (Å²) < 4.78 is 61.7. The maximum absolute atomic E-state index is 13.1. The molecule has 0 rings (SSSR count). The Morgan fingerprint density at radius 3 is 0.672 bits per heavy atom. The summed E-state index contributed by atoms with van der Waals surface area (Å²) in [4.78, 5) is 59.2. The van der Waals surface area contributed by atoms with Crippen LogP contribution in [0.15, 0.2) is 194 Å². The Kier molecular flexibility index (Phi) is 93.1. The molecule has 0 radical (unpaired) electrons. The molecule has 0 heterocycles. The molecule has 0 fully saturated rings. The smallest absolute Gasteiger partial charge is 0.463 e. The molecule has 0 aromatic heterocycles. The van der Waals surface area contributed by atoms with Gasteiger partial charge in [-0.3, -0.25) is 32.5 Å². The standard InChI is InChI=1S/C107H180O16P2/c1-4-7-10-13-16-19-22-25-28-31-34-37-40-43-46-48-49-50-51-53-56-57-60-63-66-69-72-75-78-81-84-87-90-93-105(110)117-96-102(108)97-119-124(113,114)120-98-103(109)99-121-125(115,116)122-101-104(123-107(112)95-92-89-86-83-80-77-74-71-68-65-62-59-54-45-42-39-36-33-30-27-24-21-18-15-12-9-6-3)100-118-106(111)94-91-88-85-82-79-76-73-70-67-64-61-58-55-52-47-44-41-38-35-32-29-26-23-20-17-14-11-8-5-2/h7-8,10-11,16-21,25-30,34-39,43-47,49-50,54-55,58,102-104,108-109H,4-6,9,12-15,22-24,31-33,40-42,48,51-53,56-57,59-101H2,1-3H3,(H,113,114)(H,115,116)/b10-7-,11-8-,19-16-,20-17-,21-18-,28-25-,29-26-,30-27-,37-34-,38-35-,39-36-,46-43-,47-44-,50-49-,54-45-,58-55-. The van der Waals surface area contributed by atoms with Crippen LogP contribution in [-0.4, -0.2) is 95.9 Å². The maximum Gasteiger partial charge on any atom is 0.472 e. The lowest BCUT2D eigenvalue weighted by Gasteiger charge is -2.21. The lowest BCUT2D eigenvalue weighted by Crippen LogP contribution is -2.30. The summed E-state index contributed by atoms with van der Waals surface area (Å²) in [5.74, 6) is -1.58. The topological polar surface area (TPSA) is 231 Å². The van der Waals surface area contributed by atoms with Gasteiger partial charge in [-0.1, -0.05) is 414 Å². The van der Waals surface area contributed by atoms with E-state index < -0.39 is 91.5 Å². The predicted molar refractivity (Wildman–Crippen MR) is 528 cm³/mol. The minimum absolute atomic E-state index is 0.0947. The fourth-order valence-electron chi connectivity index (χ4n) is 13.3. The van der Waals surface area contributed by atoms with Crippen molar-refractivity contribution >= 4 is 33.6 Å². The van der Waals surface area contributed by atoms with Crippen LogP contribution in [0.3, 0.4) is 0 Å². The molecule has 0 aromatic rings. The molecule has 0 saturated carbocycles. The first-order valence-corrected chi connectivity index (χ1v) is 52.7. The molecule has 0 spiro atoms. The lowest BCUT2D eigenvalue weighted by molar-refractivity contribution is -0.161. The Labute approximate surface area is 763 Å². The van der Waals surface area contributed by atoms with Gasteiger partial charge in [0.15, 0.2) is 6.10 Å². The number of phosphoric acid groups is 2. The molecule has 18 heteroatoms. The molecule has 5 unspecified atom stereocenters. The van der Waals surface area contributed by atoms with E-state index in [2.05, 4.69) is 215 Å². The minimum Gasteiger partial charge on any atom is -0.463 e. The Bertz CT molecular complexity index is 3050. The van der Waals surface area contributed by atoms with Gasteiger partial charge in [0.05, 0.1) is 26.4 Å². The van der Waals surface area contributed by atoms with E-state index in [0.717, 1.165) is 186 Å². The number of unbranched alkanes of at least 4 members (excludes halogenated alkanes) is 38. The maximum atomic E-state index is 13.1. The van der Waals surface area contributed by atoms with Crippen LogP contribution in [0.2, 0.25) is 0 Å². The van der Waals surface area contributed by atoms with Crippen molar-refractivity contribution in [3.63, 3.8) is 0 Å². The van der Waals surface area contributed by atoms with Crippen LogP contribution in [0.25, 0.3) is 0 Å². The van der Waals surface area contributed by atoms with E-state index in [9.17, 15) is 43.5 Å². The van der Waals surface area contributed by atoms with Gasteiger partial charge in [-0.05, 0) is 167 Å². The van der Waals surface area contributed by atoms with Crippen molar-refractivity contribution in [2.45, 2.75) is 424 Å². The van der Waals surface area contributed by atoms with E-state index in [4.69, 9.17) is 32.3 Å². The number of carbonyl (C=O) groups excluding carboxylic acids is 3. The number of ether oxygens (including phenoxy) is 3. The highest BCUT2D eigenvalue weighted by Crippen LogP contribution is 2.45. The summed E-state index contributed by atoms with van der Waals surface area (Å²) in [6, 6.07) is 0. The van der Waals surface area contributed by atoms with Gasteiger partial charge in [0.25, 0.3) is 0 Å². The highest BCUT2D eigenvalue weighted by Gasteiger charge is 2.30. The first-order chi connectivity index (χ1) is 61.2. The normalized spacial score (nSPS) is 14.5. The number of rotatable bonds is 93. The molecule has 0 saturated heterocycles. The lowest BCUT2D eigenvalue weighted by atomic mass is 10.0. The van der Waals surface area contributed by atoms with Gasteiger partial charge >= 0.3 is 33.6 Å². The van der Waals surface area contributed by atoms with Crippen LogP contribution in [0.5, 0.6) is 0 Å². The number of hydrogen-bond donors (Lipinski definition) is 4. The van der Waals surface area contributed by atoms with E-state index >= 15 is 0 Å². The number of carbonyl (C=O) groups is 3. The summed E-state index contributed by atoms with van der Waals surface area (Å²) in [5, 5.41) is 20.8. The van der Waals surface area contributed by atoms with Crippen molar-refractivity contribution in [2.24, 2.45) is 0 Å². The first kappa shape index (κ1) is 119. The zero-order valence-electron chi connectivity index (χ0n) is 79.0. The van der Waals surface area contributed by atoms with E-state index in [1.54, 1.807) is 0 Å². The quantitative estimate of drug-likeness (QED) is 0.0146. The number of aliphatic hydroxyl groups excluding tert-OH is 2. The number of esters is 3. The average Bonchev–Trinajstić information content (AvgIpc) is 0.902. The number of hydrogen-bond acceptors (Lipinski definition) is 14. The van der Waals surface area contributed by atoms with E-state index in [-0.39, 0.29) is 19.3 Å². The molecule has 16 nitrogen and oxygen atoms in total. The SMILES string of the molecule is CC/C=C\C/C=C\C/C=C\C/C=C\C/C=C\C/C=C\CCCCCCCCCCCCCCCCC(=O)OCC(O)COP(=O)(O)OCC(O)COP(=O)(O)OCC(COC(=O)CCCCCCCCCCCC/C=C\C/C=C\C/C=C\C/C=C\C/C=C\C/C=C\CC)OC(=O)CCCCCCCCCCCCC/C=C\C/C=C\C/C=C\C/C=C\CCCCC. The van der Waals surface area contributed by atoms with Gasteiger partial charge in [-0.2, -0.15) is 0 Å².